The van der Waals surface area contributed by atoms with Crippen LogP contribution in [0.1, 0.15) is 45.6 Å². The van der Waals surface area contributed by atoms with E-state index in [0.717, 1.165) is 5.56 Å². The highest BCUT2D eigenvalue weighted by atomic mass is 32.2. The predicted molar refractivity (Wildman–Crippen MR) is 115 cm³/mol. The van der Waals surface area contributed by atoms with Crippen molar-refractivity contribution in [3.05, 3.63) is 53.8 Å². The number of esters is 1. The van der Waals surface area contributed by atoms with E-state index in [1.54, 1.807) is 51.1 Å². The minimum absolute atomic E-state index is 0.0609. The van der Waals surface area contributed by atoms with E-state index in [1.807, 2.05) is 6.92 Å². The Balaban J connectivity index is 1.99. The zero-order chi connectivity index (χ0) is 22.3. The molecule has 1 aromatic carbocycles. The van der Waals surface area contributed by atoms with Gasteiger partial charge in [-0.3, -0.25) is 0 Å². The highest BCUT2D eigenvalue weighted by molar-refractivity contribution is 7.89. The van der Waals surface area contributed by atoms with E-state index in [4.69, 9.17) is 4.74 Å². The van der Waals surface area contributed by atoms with E-state index in [2.05, 4.69) is 6.58 Å². The monoisotopic (exact) mass is 433 g/mol. The number of carbonyl (C=O) groups excluding carboxylic acids is 1. The molecule has 0 unspecified atom stereocenters. The van der Waals surface area contributed by atoms with Crippen LogP contribution in [-0.4, -0.2) is 42.0 Å². The third kappa shape index (κ3) is 4.32. The van der Waals surface area contributed by atoms with Crippen LogP contribution in [0, 0.1) is 18.8 Å². The number of hydrogen-bond acceptors (Lipinski definition) is 5. The number of sulfonamides is 1. The van der Waals surface area contributed by atoms with Crippen LogP contribution in [-0.2, 0) is 19.6 Å². The van der Waals surface area contributed by atoms with Crippen LogP contribution in [0.2, 0.25) is 0 Å². The summed E-state index contributed by atoms with van der Waals surface area (Å²) in [5.74, 6) is -1.33. The number of ether oxygens (including phenoxy) is 1. The van der Waals surface area contributed by atoms with Crippen LogP contribution in [0.3, 0.4) is 0 Å². The summed E-state index contributed by atoms with van der Waals surface area (Å²) in [4.78, 5) is 13.0. The first-order valence-corrected chi connectivity index (χ1v) is 11.8. The number of nitrogens with zero attached hydrogens (tertiary/aromatic N) is 1. The summed E-state index contributed by atoms with van der Waals surface area (Å²) in [6, 6.07) is 6.35. The van der Waals surface area contributed by atoms with Crippen LogP contribution >= 0.6 is 0 Å². The van der Waals surface area contributed by atoms with E-state index in [-0.39, 0.29) is 16.6 Å². The van der Waals surface area contributed by atoms with Crippen molar-refractivity contribution < 1.29 is 23.1 Å². The molecule has 1 heterocycles. The summed E-state index contributed by atoms with van der Waals surface area (Å²) in [5, 5.41) is 11.0. The standard InChI is InChI=1S/C23H31NO5S/c1-6-7-18-19-14-16(20(21(18)25)22(26)29-23(3,4)5)12-13-24(19)30(27,28)17-10-8-15(2)9-11-17/h6,8-11,16,18-19,25H,1,7,12-14H2,2-5H3/t16-,18-,19-/m1/s1. The molecular formula is C23H31NO5S. The van der Waals surface area contributed by atoms with Crippen molar-refractivity contribution in [1.29, 1.82) is 0 Å². The van der Waals surface area contributed by atoms with Gasteiger partial charge in [0.2, 0.25) is 10.0 Å². The van der Waals surface area contributed by atoms with E-state index in [9.17, 15) is 18.3 Å². The minimum Gasteiger partial charge on any atom is -0.511 e. The third-order valence-corrected chi connectivity index (χ3v) is 7.70. The van der Waals surface area contributed by atoms with Crippen molar-refractivity contribution in [2.24, 2.45) is 11.8 Å². The van der Waals surface area contributed by atoms with Crippen molar-refractivity contribution >= 4 is 16.0 Å². The lowest BCUT2D eigenvalue weighted by Crippen LogP contribution is -2.53. The fourth-order valence-electron chi connectivity index (χ4n) is 4.39. The molecule has 2 aliphatic rings. The molecule has 0 saturated carbocycles. The second-order valence-electron chi connectivity index (χ2n) is 9.15. The molecule has 0 radical (unpaired) electrons. The lowest BCUT2D eigenvalue weighted by molar-refractivity contribution is -0.151. The van der Waals surface area contributed by atoms with Crippen molar-refractivity contribution in [3.8, 4) is 0 Å². The van der Waals surface area contributed by atoms with Gasteiger partial charge in [-0.2, -0.15) is 4.31 Å². The van der Waals surface area contributed by atoms with Gasteiger partial charge in [-0.1, -0.05) is 23.8 Å². The number of rotatable bonds is 5. The largest absolute Gasteiger partial charge is 0.511 e. The van der Waals surface area contributed by atoms with Crippen molar-refractivity contribution in [2.45, 2.75) is 63.5 Å². The minimum atomic E-state index is -3.72. The molecule has 3 rings (SSSR count). The summed E-state index contributed by atoms with van der Waals surface area (Å²) in [6.07, 6.45) is 2.96. The highest BCUT2D eigenvalue weighted by Gasteiger charge is 2.49. The summed E-state index contributed by atoms with van der Waals surface area (Å²) in [6.45, 7) is 11.3. The number of hydrogen-bond donors (Lipinski definition) is 1. The molecule has 7 heteroatoms. The van der Waals surface area contributed by atoms with Gasteiger partial charge in [-0.05, 0) is 65.0 Å². The van der Waals surface area contributed by atoms with Crippen LogP contribution in [0.25, 0.3) is 0 Å². The quantitative estimate of drug-likeness (QED) is 0.558. The third-order valence-electron chi connectivity index (χ3n) is 5.76. The lowest BCUT2D eigenvalue weighted by atomic mass is 9.72. The van der Waals surface area contributed by atoms with Gasteiger partial charge >= 0.3 is 5.97 Å². The molecule has 0 spiro atoms. The zero-order valence-electron chi connectivity index (χ0n) is 18.1. The van der Waals surface area contributed by atoms with Gasteiger partial charge in [0.25, 0.3) is 0 Å². The number of allylic oxidation sites excluding steroid dienone is 1. The van der Waals surface area contributed by atoms with Gasteiger partial charge in [-0.15, -0.1) is 6.58 Å². The smallest absolute Gasteiger partial charge is 0.338 e. The van der Waals surface area contributed by atoms with Gasteiger partial charge < -0.3 is 9.84 Å². The number of benzene rings is 1. The van der Waals surface area contributed by atoms with Crippen LogP contribution in [0.4, 0.5) is 0 Å². The van der Waals surface area contributed by atoms with Crippen molar-refractivity contribution in [2.75, 3.05) is 6.54 Å². The number of piperidine rings is 1. The molecule has 6 nitrogen and oxygen atoms in total. The maximum absolute atomic E-state index is 13.4. The zero-order valence-corrected chi connectivity index (χ0v) is 18.9. The molecule has 1 N–H and O–H groups in total. The fourth-order valence-corrected chi connectivity index (χ4v) is 6.08. The highest BCUT2D eigenvalue weighted by Crippen LogP contribution is 2.45. The maximum atomic E-state index is 13.4. The van der Waals surface area contributed by atoms with Gasteiger partial charge in [0.1, 0.15) is 11.4 Å². The topological polar surface area (TPSA) is 83.9 Å². The second-order valence-corrected chi connectivity index (χ2v) is 11.0. The first-order chi connectivity index (χ1) is 14.0. The Hall–Kier alpha value is -2.12. The molecule has 1 aliphatic carbocycles. The summed E-state index contributed by atoms with van der Waals surface area (Å²) >= 11 is 0. The fraction of sp³-hybridized carbons (Fsp3) is 0.522. The van der Waals surface area contributed by atoms with Crippen LogP contribution in [0.15, 0.2) is 53.1 Å². The van der Waals surface area contributed by atoms with E-state index in [1.165, 1.54) is 4.31 Å². The molecule has 0 aromatic heterocycles. The molecular weight excluding hydrogens is 402 g/mol. The molecule has 30 heavy (non-hydrogen) atoms. The SMILES string of the molecule is C=CC[C@H]1C(O)=C(C(=O)OC(C)(C)C)[C@@H]2CCN(S(=O)(=O)c3ccc(C)cc3)[C@@H]1C2. The van der Waals surface area contributed by atoms with Crippen LogP contribution < -0.4 is 0 Å². The summed E-state index contributed by atoms with van der Waals surface area (Å²) < 4.78 is 33.8. The average Bonchev–Trinajstić information content (AvgIpc) is 2.64. The van der Waals surface area contributed by atoms with Gasteiger partial charge in [0.15, 0.2) is 0 Å². The molecule has 0 amide bonds. The Morgan fingerprint density at radius 3 is 2.50 bits per heavy atom. The molecule has 1 saturated heterocycles. The number of aliphatic hydroxyl groups excluding tert-OH is 1. The summed E-state index contributed by atoms with van der Waals surface area (Å²) in [5.41, 5.74) is 0.600. The molecule has 2 bridgehead atoms. The normalized spacial score (nSPS) is 25.1. The van der Waals surface area contributed by atoms with Crippen molar-refractivity contribution in [1.82, 2.24) is 4.31 Å². The molecule has 1 fully saturated rings. The Bertz CT molecular complexity index is 956. The number of aryl methyl sites for hydroxylation is 1. The maximum Gasteiger partial charge on any atom is 0.338 e. The number of fused-ring (bicyclic) bond motifs is 2. The lowest BCUT2D eigenvalue weighted by Gasteiger charge is -2.46. The second kappa shape index (κ2) is 8.19. The molecule has 1 aromatic rings. The van der Waals surface area contributed by atoms with E-state index < -0.39 is 33.6 Å². The first kappa shape index (κ1) is 22.6. The number of aliphatic hydroxyl groups is 1. The first-order valence-electron chi connectivity index (χ1n) is 10.3. The molecule has 1 aliphatic heterocycles. The Labute approximate surface area is 179 Å². The van der Waals surface area contributed by atoms with Crippen LogP contribution in [0.5, 0.6) is 0 Å². The number of carbonyl (C=O) groups is 1. The van der Waals surface area contributed by atoms with Gasteiger partial charge in [-0.25, -0.2) is 13.2 Å². The Morgan fingerprint density at radius 2 is 1.93 bits per heavy atom. The van der Waals surface area contributed by atoms with E-state index >= 15 is 0 Å². The average molecular weight is 434 g/mol. The van der Waals surface area contributed by atoms with Gasteiger partial charge in [0.05, 0.1) is 10.5 Å². The summed E-state index contributed by atoms with van der Waals surface area (Å²) in [7, 11) is -3.72. The molecule has 164 valence electrons. The predicted octanol–water partition coefficient (Wildman–Crippen LogP) is 4.12. The van der Waals surface area contributed by atoms with E-state index in [0.29, 0.717) is 31.4 Å². The Morgan fingerprint density at radius 1 is 1.30 bits per heavy atom. The van der Waals surface area contributed by atoms with Gasteiger partial charge in [0, 0.05) is 18.5 Å². The Kier molecular flexibility index (Phi) is 6.16. The van der Waals surface area contributed by atoms with Crippen molar-refractivity contribution in [3.63, 3.8) is 0 Å². The molecule has 3 atom stereocenters.